The summed E-state index contributed by atoms with van der Waals surface area (Å²) in [5.41, 5.74) is 2.36. The number of oxime groups is 1. The van der Waals surface area contributed by atoms with Crippen LogP contribution >= 0.6 is 0 Å². The Bertz CT molecular complexity index is 1140. The number of amides is 1. The second-order valence-electron chi connectivity index (χ2n) is 7.61. The summed E-state index contributed by atoms with van der Waals surface area (Å²) < 4.78 is 0. The molecule has 3 aromatic carbocycles. The van der Waals surface area contributed by atoms with Gasteiger partial charge in [-0.05, 0) is 24.6 Å². The van der Waals surface area contributed by atoms with Gasteiger partial charge in [0.2, 0.25) is 5.91 Å². The molecule has 0 bridgehead atoms. The van der Waals surface area contributed by atoms with Gasteiger partial charge in [-0.3, -0.25) is 9.59 Å². The van der Waals surface area contributed by atoms with Gasteiger partial charge in [0.25, 0.3) is 0 Å². The highest BCUT2D eigenvalue weighted by Gasteiger charge is 2.47. The Morgan fingerprint density at radius 2 is 1.44 bits per heavy atom. The molecule has 6 heteroatoms. The number of carbonyl (C=O) groups excluding carboxylic acids is 3. The topological polar surface area (TPSA) is 84.8 Å². The molecule has 3 aromatic rings. The van der Waals surface area contributed by atoms with Gasteiger partial charge in [0.05, 0.1) is 0 Å². The summed E-state index contributed by atoms with van der Waals surface area (Å²) in [5.74, 6) is -4.23. The van der Waals surface area contributed by atoms with Crippen molar-refractivity contribution < 1.29 is 19.2 Å². The van der Waals surface area contributed by atoms with E-state index in [1.807, 2.05) is 66.7 Å². The third-order valence-corrected chi connectivity index (χ3v) is 5.52. The van der Waals surface area contributed by atoms with Gasteiger partial charge in [0.15, 0.2) is 0 Å². The average Bonchev–Trinajstić information content (AvgIpc) is 3.19. The van der Waals surface area contributed by atoms with E-state index in [2.05, 4.69) is 10.5 Å². The van der Waals surface area contributed by atoms with Crippen LogP contribution in [0.25, 0.3) is 0 Å². The number of Topliss-reactive ketones (excluding diaryl/α,β-unsaturated/α-hetero) is 1. The number of benzene rings is 3. The van der Waals surface area contributed by atoms with Crippen LogP contribution in [0.3, 0.4) is 0 Å². The third kappa shape index (κ3) is 4.34. The number of hydrogen-bond donors (Lipinski definition) is 1. The van der Waals surface area contributed by atoms with E-state index in [4.69, 9.17) is 4.84 Å². The van der Waals surface area contributed by atoms with E-state index in [1.54, 1.807) is 24.3 Å². The molecule has 0 spiro atoms. The molecule has 0 aromatic heterocycles. The number of nitrogens with one attached hydrogen (secondary N) is 1. The normalized spacial score (nSPS) is 17.1. The predicted molar refractivity (Wildman–Crippen MR) is 121 cm³/mol. The standard InChI is InChI=1S/C26H22N2O4/c1-17(29)21(25(30)27-20-15-9-4-10-16-20)22(18-11-5-2-6-12-18)23-24(28-32-26(23)31)19-13-7-3-8-14-19/h2-16,21-23H,1H3,(H,27,30)/t21-,22-,23-/m0/s1. The molecule has 1 amide bonds. The fourth-order valence-corrected chi connectivity index (χ4v) is 4.07. The monoisotopic (exact) mass is 426 g/mol. The number of para-hydroxylation sites is 1. The fourth-order valence-electron chi connectivity index (χ4n) is 4.07. The second kappa shape index (κ2) is 9.39. The van der Waals surface area contributed by atoms with Gasteiger partial charge in [-0.2, -0.15) is 0 Å². The first-order chi connectivity index (χ1) is 15.6. The fraction of sp³-hybridized carbons (Fsp3) is 0.154. The van der Waals surface area contributed by atoms with Crippen LogP contribution in [0.2, 0.25) is 0 Å². The maximum Gasteiger partial charge on any atom is 0.344 e. The summed E-state index contributed by atoms with van der Waals surface area (Å²) >= 11 is 0. The van der Waals surface area contributed by atoms with E-state index in [-0.39, 0.29) is 5.78 Å². The summed E-state index contributed by atoms with van der Waals surface area (Å²) in [7, 11) is 0. The van der Waals surface area contributed by atoms with Crippen molar-refractivity contribution in [1.82, 2.24) is 0 Å². The van der Waals surface area contributed by atoms with Crippen molar-refractivity contribution >= 4 is 29.1 Å². The van der Waals surface area contributed by atoms with Gasteiger partial charge in [0.1, 0.15) is 23.3 Å². The van der Waals surface area contributed by atoms with Gasteiger partial charge < -0.3 is 10.2 Å². The Hall–Kier alpha value is -4.06. The highest BCUT2D eigenvalue weighted by Crippen LogP contribution is 2.39. The Balaban J connectivity index is 1.79. The van der Waals surface area contributed by atoms with Crippen LogP contribution < -0.4 is 5.32 Å². The van der Waals surface area contributed by atoms with E-state index in [0.717, 1.165) is 0 Å². The smallest absolute Gasteiger partial charge is 0.325 e. The first-order valence-corrected chi connectivity index (χ1v) is 10.3. The highest BCUT2D eigenvalue weighted by molar-refractivity contribution is 6.16. The molecule has 4 rings (SSSR count). The van der Waals surface area contributed by atoms with Crippen molar-refractivity contribution in [3.63, 3.8) is 0 Å². The molecule has 0 saturated carbocycles. The zero-order valence-electron chi connectivity index (χ0n) is 17.5. The van der Waals surface area contributed by atoms with Gasteiger partial charge in [-0.15, -0.1) is 0 Å². The Morgan fingerprint density at radius 3 is 2.03 bits per heavy atom. The van der Waals surface area contributed by atoms with Crippen LogP contribution in [0.1, 0.15) is 24.0 Å². The lowest BCUT2D eigenvalue weighted by atomic mass is 9.72. The molecule has 32 heavy (non-hydrogen) atoms. The zero-order chi connectivity index (χ0) is 22.5. The first kappa shape index (κ1) is 21.2. The number of anilines is 1. The Kier molecular flexibility index (Phi) is 6.22. The Labute approximate surface area is 185 Å². The van der Waals surface area contributed by atoms with Crippen LogP contribution in [0.15, 0.2) is 96.2 Å². The molecule has 1 aliphatic rings. The number of ketones is 1. The van der Waals surface area contributed by atoms with Crippen molar-refractivity contribution in [2.24, 2.45) is 17.0 Å². The molecular weight excluding hydrogens is 404 g/mol. The SMILES string of the molecule is CC(=O)[C@H](C(=O)Nc1ccccc1)[C@H](c1ccccc1)[C@@H]1C(=O)ON=C1c1ccccc1. The number of rotatable bonds is 7. The van der Waals surface area contributed by atoms with E-state index < -0.39 is 29.6 Å². The zero-order valence-corrected chi connectivity index (χ0v) is 17.5. The predicted octanol–water partition coefficient (Wildman–Crippen LogP) is 4.19. The maximum absolute atomic E-state index is 13.4. The lowest BCUT2D eigenvalue weighted by molar-refractivity contribution is -0.144. The Morgan fingerprint density at radius 1 is 0.875 bits per heavy atom. The molecule has 0 saturated heterocycles. The number of nitrogens with zero attached hydrogens (tertiary/aromatic N) is 1. The van der Waals surface area contributed by atoms with Crippen LogP contribution in [0, 0.1) is 11.8 Å². The molecule has 0 fully saturated rings. The highest BCUT2D eigenvalue weighted by atomic mass is 16.7. The van der Waals surface area contributed by atoms with Crippen LogP contribution in [0.5, 0.6) is 0 Å². The van der Waals surface area contributed by atoms with E-state index in [1.165, 1.54) is 6.92 Å². The van der Waals surface area contributed by atoms with Crippen molar-refractivity contribution in [3.05, 3.63) is 102 Å². The molecule has 1 N–H and O–H groups in total. The lowest BCUT2D eigenvalue weighted by Gasteiger charge is -2.28. The van der Waals surface area contributed by atoms with E-state index in [0.29, 0.717) is 22.5 Å². The molecule has 6 nitrogen and oxygen atoms in total. The van der Waals surface area contributed by atoms with Gasteiger partial charge in [-0.25, -0.2) is 4.79 Å². The molecule has 1 aliphatic heterocycles. The van der Waals surface area contributed by atoms with Crippen LogP contribution in [-0.4, -0.2) is 23.4 Å². The first-order valence-electron chi connectivity index (χ1n) is 10.3. The lowest BCUT2D eigenvalue weighted by Crippen LogP contribution is -2.40. The maximum atomic E-state index is 13.4. The largest absolute Gasteiger partial charge is 0.344 e. The summed E-state index contributed by atoms with van der Waals surface area (Å²) in [6, 6.07) is 27.2. The molecule has 0 aliphatic carbocycles. The van der Waals surface area contributed by atoms with E-state index in [9.17, 15) is 14.4 Å². The summed E-state index contributed by atoms with van der Waals surface area (Å²) in [6.45, 7) is 1.37. The summed E-state index contributed by atoms with van der Waals surface area (Å²) in [6.07, 6.45) is 0. The van der Waals surface area contributed by atoms with Crippen molar-refractivity contribution in [3.8, 4) is 0 Å². The summed E-state index contributed by atoms with van der Waals surface area (Å²) in [4.78, 5) is 44.2. The molecule has 0 radical (unpaired) electrons. The minimum atomic E-state index is -1.12. The molecule has 0 unspecified atom stereocenters. The van der Waals surface area contributed by atoms with Crippen molar-refractivity contribution in [2.45, 2.75) is 12.8 Å². The van der Waals surface area contributed by atoms with Gasteiger partial charge in [0, 0.05) is 17.2 Å². The minimum absolute atomic E-state index is 0.348. The quantitative estimate of drug-likeness (QED) is 0.453. The molecule has 1 heterocycles. The number of hydrogen-bond acceptors (Lipinski definition) is 5. The van der Waals surface area contributed by atoms with Crippen molar-refractivity contribution in [1.29, 1.82) is 0 Å². The minimum Gasteiger partial charge on any atom is -0.325 e. The average molecular weight is 426 g/mol. The van der Waals surface area contributed by atoms with E-state index >= 15 is 0 Å². The van der Waals surface area contributed by atoms with Gasteiger partial charge >= 0.3 is 5.97 Å². The third-order valence-electron chi connectivity index (χ3n) is 5.52. The molecule has 3 atom stereocenters. The number of carbonyl (C=O) groups is 3. The van der Waals surface area contributed by atoms with Crippen molar-refractivity contribution in [2.75, 3.05) is 5.32 Å². The van der Waals surface area contributed by atoms with Crippen LogP contribution in [-0.2, 0) is 19.2 Å². The molecular formula is C26H22N2O4. The second-order valence-corrected chi connectivity index (χ2v) is 7.61. The summed E-state index contributed by atoms with van der Waals surface area (Å²) in [5, 5.41) is 6.84. The molecule has 160 valence electrons. The van der Waals surface area contributed by atoms with Crippen LogP contribution in [0.4, 0.5) is 5.69 Å². The van der Waals surface area contributed by atoms with Gasteiger partial charge in [-0.1, -0.05) is 84.0 Å².